The molecule has 0 N–H and O–H groups in total. The van der Waals surface area contributed by atoms with E-state index >= 15 is 0 Å². The molecule has 0 fully saturated rings. The second-order valence-electron chi connectivity index (χ2n) is 14.1. The van der Waals surface area contributed by atoms with Crippen molar-refractivity contribution >= 4 is 86.2 Å². The lowest BCUT2D eigenvalue weighted by Crippen LogP contribution is -1.95. The van der Waals surface area contributed by atoms with Crippen molar-refractivity contribution in [2.45, 2.75) is 0 Å². The molecule has 4 nitrogen and oxygen atoms in total. The average molecular weight is 720 g/mol. The van der Waals surface area contributed by atoms with Crippen LogP contribution < -0.4 is 0 Å². The third-order valence-corrected chi connectivity index (χ3v) is 12.2. The number of nitrogens with zero attached hydrogens (tertiary/aromatic N) is 3. The van der Waals surface area contributed by atoms with Gasteiger partial charge in [-0.1, -0.05) is 133 Å². The largest absolute Gasteiger partial charge is 0.456 e. The fourth-order valence-corrected chi connectivity index (χ4v) is 9.77. The summed E-state index contributed by atoms with van der Waals surface area (Å²) in [4.78, 5) is 10.7. The van der Waals surface area contributed by atoms with Gasteiger partial charge in [0.25, 0.3) is 0 Å². The quantitative estimate of drug-likeness (QED) is 0.182. The van der Waals surface area contributed by atoms with Crippen LogP contribution in [0.2, 0.25) is 0 Å². The third kappa shape index (κ3) is 4.51. The van der Waals surface area contributed by atoms with Crippen LogP contribution in [-0.4, -0.2) is 14.5 Å². The van der Waals surface area contributed by atoms with Crippen LogP contribution in [0, 0.1) is 0 Å². The van der Waals surface area contributed by atoms with Gasteiger partial charge in [-0.25, -0.2) is 9.97 Å². The number of hydrogen-bond donors (Lipinski definition) is 0. The summed E-state index contributed by atoms with van der Waals surface area (Å²) < 4.78 is 11.3. The van der Waals surface area contributed by atoms with Crippen molar-refractivity contribution in [3.63, 3.8) is 0 Å². The van der Waals surface area contributed by atoms with E-state index in [0.717, 1.165) is 71.1 Å². The van der Waals surface area contributed by atoms with Crippen LogP contribution in [0.15, 0.2) is 180 Å². The van der Waals surface area contributed by atoms with Crippen molar-refractivity contribution in [1.82, 2.24) is 14.5 Å². The van der Waals surface area contributed by atoms with Crippen molar-refractivity contribution in [1.29, 1.82) is 0 Å². The molecule has 0 amide bonds. The Morgan fingerprint density at radius 2 is 1.22 bits per heavy atom. The molecule has 0 spiro atoms. The molecule has 0 aliphatic heterocycles. The summed E-state index contributed by atoms with van der Waals surface area (Å²) in [7, 11) is 0. The van der Waals surface area contributed by atoms with Crippen LogP contribution in [0.5, 0.6) is 0 Å². The first-order valence-corrected chi connectivity index (χ1v) is 19.3. The van der Waals surface area contributed by atoms with Crippen LogP contribution >= 0.6 is 11.3 Å². The Morgan fingerprint density at radius 3 is 2.07 bits per heavy atom. The SMILES string of the molecule is c1ccc(-c2nc(-c3cccc4oc5ccc(-n6c7ccccc7c7c(-c8ccccc8)c8ccccc8cc76)cc5c34)nc3c2sc2ccccc23)cc1. The fraction of sp³-hybridized carbons (Fsp3) is 0. The molecule has 0 atom stereocenters. The molecule has 0 aliphatic rings. The van der Waals surface area contributed by atoms with E-state index in [1.165, 1.54) is 37.4 Å². The predicted molar refractivity (Wildman–Crippen MR) is 230 cm³/mol. The molecule has 12 aromatic rings. The standard InChI is InChI=1S/C50H29N3OS/c1-3-14-30(15-4-1)44-34-19-8-7-18-32(34)28-40-46(44)35-20-9-11-23-39(35)53(40)33-26-27-41-38(29-33)45-37(22-13-24-42(45)54-41)50-51-47(31-16-5-2-6-17-31)49-48(52-50)36-21-10-12-25-43(36)55-49/h1-29H. The van der Waals surface area contributed by atoms with E-state index in [0.29, 0.717) is 5.82 Å². The zero-order chi connectivity index (χ0) is 36.0. The van der Waals surface area contributed by atoms with Gasteiger partial charge in [-0.05, 0) is 64.4 Å². The fourth-order valence-electron chi connectivity index (χ4n) is 8.62. The molecule has 0 bridgehead atoms. The van der Waals surface area contributed by atoms with Gasteiger partial charge in [-0.2, -0.15) is 0 Å². The lowest BCUT2D eigenvalue weighted by Gasteiger charge is -2.12. The molecule has 12 rings (SSSR count). The van der Waals surface area contributed by atoms with Gasteiger partial charge in [0.1, 0.15) is 11.2 Å². The number of fused-ring (bicyclic) bond motifs is 10. The molecule has 4 aromatic heterocycles. The second kappa shape index (κ2) is 11.7. The highest BCUT2D eigenvalue weighted by atomic mass is 32.1. The van der Waals surface area contributed by atoms with E-state index < -0.39 is 0 Å². The molecule has 0 aliphatic carbocycles. The molecule has 0 unspecified atom stereocenters. The molecule has 0 radical (unpaired) electrons. The van der Waals surface area contributed by atoms with Crippen LogP contribution in [0.4, 0.5) is 0 Å². The number of furan rings is 1. The highest BCUT2D eigenvalue weighted by Gasteiger charge is 2.22. The zero-order valence-corrected chi connectivity index (χ0v) is 30.2. The van der Waals surface area contributed by atoms with Crippen LogP contribution in [-0.2, 0) is 0 Å². The van der Waals surface area contributed by atoms with Gasteiger partial charge in [0.05, 0.1) is 26.9 Å². The topological polar surface area (TPSA) is 43.9 Å². The lowest BCUT2D eigenvalue weighted by atomic mass is 9.93. The van der Waals surface area contributed by atoms with E-state index in [9.17, 15) is 0 Å². The summed E-state index contributed by atoms with van der Waals surface area (Å²) in [5, 5.41) is 8.10. The van der Waals surface area contributed by atoms with Crippen molar-refractivity contribution in [2.24, 2.45) is 0 Å². The number of para-hydroxylation sites is 1. The number of thiophene rings is 1. The lowest BCUT2D eigenvalue weighted by molar-refractivity contribution is 0.669. The zero-order valence-electron chi connectivity index (χ0n) is 29.4. The molecule has 0 saturated carbocycles. The van der Waals surface area contributed by atoms with Crippen molar-refractivity contribution in [3.05, 3.63) is 176 Å². The third-order valence-electron chi connectivity index (χ3n) is 11.0. The molecule has 4 heterocycles. The molecular formula is C50H29N3OS. The first-order chi connectivity index (χ1) is 27.3. The Hall–Kier alpha value is -7.08. The maximum atomic E-state index is 6.59. The van der Waals surface area contributed by atoms with Gasteiger partial charge in [-0.15, -0.1) is 11.3 Å². The highest BCUT2D eigenvalue weighted by Crippen LogP contribution is 2.45. The first kappa shape index (κ1) is 30.4. The van der Waals surface area contributed by atoms with Crippen molar-refractivity contribution in [2.75, 3.05) is 0 Å². The van der Waals surface area contributed by atoms with Crippen LogP contribution in [0.1, 0.15) is 0 Å². The Kier molecular flexibility index (Phi) is 6.47. The second-order valence-corrected chi connectivity index (χ2v) is 15.1. The Morgan fingerprint density at radius 1 is 0.491 bits per heavy atom. The number of rotatable bonds is 4. The summed E-state index contributed by atoms with van der Waals surface area (Å²) in [5.41, 5.74) is 11.4. The van der Waals surface area contributed by atoms with Gasteiger partial charge in [-0.3, -0.25) is 0 Å². The summed E-state index contributed by atoms with van der Waals surface area (Å²) in [6, 6.07) is 62.4. The van der Waals surface area contributed by atoms with Crippen molar-refractivity contribution in [3.8, 4) is 39.5 Å². The van der Waals surface area contributed by atoms with E-state index in [2.05, 4.69) is 162 Å². The van der Waals surface area contributed by atoms with E-state index in [4.69, 9.17) is 14.4 Å². The normalized spacial score (nSPS) is 12.0. The van der Waals surface area contributed by atoms with Gasteiger partial charge < -0.3 is 8.98 Å². The monoisotopic (exact) mass is 719 g/mol. The molecule has 55 heavy (non-hydrogen) atoms. The Balaban J connectivity index is 1.15. The maximum absolute atomic E-state index is 6.59. The van der Waals surface area contributed by atoms with Gasteiger partial charge in [0.15, 0.2) is 5.82 Å². The summed E-state index contributed by atoms with van der Waals surface area (Å²) in [5.74, 6) is 0.685. The van der Waals surface area contributed by atoms with Crippen LogP contribution in [0.25, 0.3) is 114 Å². The minimum Gasteiger partial charge on any atom is -0.456 e. The Bertz CT molecular complexity index is 3490. The minimum atomic E-state index is 0.685. The first-order valence-electron chi connectivity index (χ1n) is 18.5. The molecule has 5 heteroatoms. The van der Waals surface area contributed by atoms with Gasteiger partial charge >= 0.3 is 0 Å². The summed E-state index contributed by atoms with van der Waals surface area (Å²) in [6.45, 7) is 0. The molecule has 0 saturated heterocycles. The summed E-state index contributed by atoms with van der Waals surface area (Å²) in [6.07, 6.45) is 0. The number of benzene rings is 8. The minimum absolute atomic E-state index is 0.685. The average Bonchev–Trinajstić information content (AvgIpc) is 3.92. The molecular weight excluding hydrogens is 691 g/mol. The van der Waals surface area contributed by atoms with E-state index in [1.807, 2.05) is 18.2 Å². The van der Waals surface area contributed by atoms with E-state index in [1.54, 1.807) is 11.3 Å². The smallest absolute Gasteiger partial charge is 0.161 e. The summed E-state index contributed by atoms with van der Waals surface area (Å²) >= 11 is 1.75. The predicted octanol–water partition coefficient (Wildman–Crippen LogP) is 14.0. The van der Waals surface area contributed by atoms with Gasteiger partial charge in [0, 0.05) is 48.4 Å². The van der Waals surface area contributed by atoms with Crippen molar-refractivity contribution < 1.29 is 4.42 Å². The Labute approximate surface area is 319 Å². The molecule has 8 aromatic carbocycles. The number of aromatic nitrogens is 3. The molecule has 256 valence electrons. The maximum Gasteiger partial charge on any atom is 0.161 e. The highest BCUT2D eigenvalue weighted by molar-refractivity contribution is 7.26. The van der Waals surface area contributed by atoms with E-state index in [-0.39, 0.29) is 0 Å². The van der Waals surface area contributed by atoms with Gasteiger partial charge in [0.2, 0.25) is 0 Å². The number of hydrogen-bond acceptors (Lipinski definition) is 4. The van der Waals surface area contributed by atoms with Crippen LogP contribution in [0.3, 0.4) is 0 Å².